The minimum absolute atomic E-state index is 0.0838. The van der Waals surface area contributed by atoms with E-state index in [0.29, 0.717) is 33.3 Å². The first-order valence-corrected chi connectivity index (χ1v) is 9.17. The molecule has 3 nitrogen and oxygen atoms in total. The molecule has 0 saturated heterocycles. The quantitative estimate of drug-likeness (QED) is 0.435. The summed E-state index contributed by atoms with van der Waals surface area (Å²) in [7, 11) is 0. The van der Waals surface area contributed by atoms with Gasteiger partial charge in [-0.05, 0) is 29.8 Å². The van der Waals surface area contributed by atoms with E-state index >= 15 is 0 Å². The molecule has 0 spiro atoms. The van der Waals surface area contributed by atoms with Gasteiger partial charge in [-0.25, -0.2) is 0 Å². The van der Waals surface area contributed by atoms with Crippen LogP contribution >= 0.6 is 23.2 Å². The highest BCUT2D eigenvalue weighted by atomic mass is 35.5. The summed E-state index contributed by atoms with van der Waals surface area (Å²) in [6, 6.07) is 22.1. The summed E-state index contributed by atoms with van der Waals surface area (Å²) in [6.45, 7) is 0.498. The van der Waals surface area contributed by atoms with Crippen LogP contribution in [-0.2, 0) is 6.54 Å². The molecule has 0 aliphatic rings. The fourth-order valence-electron chi connectivity index (χ4n) is 2.89. The lowest BCUT2D eigenvalue weighted by molar-refractivity contribution is 0.619. The third-order valence-corrected chi connectivity index (χ3v) is 5.16. The van der Waals surface area contributed by atoms with Gasteiger partial charge in [0.05, 0.1) is 15.4 Å². The summed E-state index contributed by atoms with van der Waals surface area (Å²) >= 11 is 12.3. The average molecular weight is 396 g/mol. The Morgan fingerprint density at radius 3 is 2.52 bits per heavy atom. The van der Waals surface area contributed by atoms with E-state index < -0.39 is 0 Å². The number of benzene rings is 3. The van der Waals surface area contributed by atoms with E-state index in [9.17, 15) is 4.79 Å². The Bertz CT molecular complexity index is 1170. The molecule has 0 unspecified atom stereocenters. The highest BCUT2D eigenvalue weighted by molar-refractivity contribution is 6.42. The maximum absolute atomic E-state index is 12.6. The maximum atomic E-state index is 12.6. The van der Waals surface area contributed by atoms with Gasteiger partial charge in [0.1, 0.15) is 11.3 Å². The van der Waals surface area contributed by atoms with Gasteiger partial charge >= 0.3 is 0 Å². The standard InChI is InChI=1S/C22H15Cl2NO2/c23-18-8-4-7-15(22(18)24)13-25-16-9-10-20-17(11-16)19(26)12-21(27-20)14-5-2-1-3-6-14/h1-12,25H,13H2. The Morgan fingerprint density at radius 1 is 0.889 bits per heavy atom. The van der Waals surface area contributed by atoms with Crippen molar-refractivity contribution < 1.29 is 4.42 Å². The molecule has 5 heteroatoms. The van der Waals surface area contributed by atoms with Gasteiger partial charge in [0.2, 0.25) is 0 Å². The van der Waals surface area contributed by atoms with Crippen molar-refractivity contribution in [3.63, 3.8) is 0 Å². The van der Waals surface area contributed by atoms with E-state index in [1.165, 1.54) is 6.07 Å². The normalized spacial score (nSPS) is 10.9. The van der Waals surface area contributed by atoms with Gasteiger partial charge in [-0.1, -0.05) is 65.7 Å². The van der Waals surface area contributed by atoms with Crippen LogP contribution in [0.4, 0.5) is 5.69 Å². The molecule has 1 aromatic heterocycles. The molecule has 4 aromatic rings. The Kier molecular flexibility index (Phi) is 4.88. The zero-order valence-electron chi connectivity index (χ0n) is 14.2. The van der Waals surface area contributed by atoms with Crippen LogP contribution in [0.25, 0.3) is 22.3 Å². The summed E-state index contributed by atoms with van der Waals surface area (Å²) in [5.74, 6) is 0.555. The molecule has 0 aliphatic carbocycles. The van der Waals surface area contributed by atoms with Crippen molar-refractivity contribution >= 4 is 39.9 Å². The number of anilines is 1. The molecular weight excluding hydrogens is 381 g/mol. The Hall–Kier alpha value is -2.75. The van der Waals surface area contributed by atoms with E-state index in [-0.39, 0.29) is 5.43 Å². The number of fused-ring (bicyclic) bond motifs is 1. The molecule has 0 amide bonds. The number of rotatable bonds is 4. The monoisotopic (exact) mass is 395 g/mol. The first-order chi connectivity index (χ1) is 13.1. The number of hydrogen-bond donors (Lipinski definition) is 1. The van der Waals surface area contributed by atoms with Crippen LogP contribution in [0.5, 0.6) is 0 Å². The molecular formula is C22H15Cl2NO2. The number of halogens is 2. The van der Waals surface area contributed by atoms with Gasteiger partial charge in [-0.2, -0.15) is 0 Å². The molecule has 0 bridgehead atoms. The summed E-state index contributed by atoms with van der Waals surface area (Å²) < 4.78 is 5.91. The van der Waals surface area contributed by atoms with Gasteiger partial charge in [-0.15, -0.1) is 0 Å². The fraction of sp³-hybridized carbons (Fsp3) is 0.0455. The molecule has 0 saturated carbocycles. The Labute approximate surface area is 166 Å². The van der Waals surface area contributed by atoms with Crippen molar-refractivity contribution in [1.29, 1.82) is 0 Å². The second-order valence-corrected chi connectivity index (χ2v) is 6.90. The maximum Gasteiger partial charge on any atom is 0.193 e. The zero-order valence-corrected chi connectivity index (χ0v) is 15.7. The fourth-order valence-corrected chi connectivity index (χ4v) is 3.28. The lowest BCUT2D eigenvalue weighted by Crippen LogP contribution is -2.03. The summed E-state index contributed by atoms with van der Waals surface area (Å²) in [5, 5.41) is 4.84. The first-order valence-electron chi connectivity index (χ1n) is 8.42. The van der Waals surface area contributed by atoms with Crippen molar-refractivity contribution in [2.45, 2.75) is 6.54 Å². The van der Waals surface area contributed by atoms with Crippen molar-refractivity contribution in [1.82, 2.24) is 0 Å². The van der Waals surface area contributed by atoms with Crippen molar-refractivity contribution in [2.24, 2.45) is 0 Å². The average Bonchev–Trinajstić information content (AvgIpc) is 2.70. The molecule has 3 aromatic carbocycles. The molecule has 1 heterocycles. The molecule has 1 N–H and O–H groups in total. The lowest BCUT2D eigenvalue weighted by atomic mass is 10.1. The smallest absolute Gasteiger partial charge is 0.193 e. The number of hydrogen-bond acceptors (Lipinski definition) is 3. The van der Waals surface area contributed by atoms with E-state index in [4.69, 9.17) is 27.6 Å². The van der Waals surface area contributed by atoms with Crippen molar-refractivity contribution in [3.05, 3.63) is 98.6 Å². The van der Waals surface area contributed by atoms with E-state index in [2.05, 4.69) is 5.32 Å². The van der Waals surface area contributed by atoms with Crippen molar-refractivity contribution in [2.75, 3.05) is 5.32 Å². The van der Waals surface area contributed by atoms with Crippen LogP contribution in [0.15, 0.2) is 82.0 Å². The summed E-state index contributed by atoms with van der Waals surface area (Å²) in [6.07, 6.45) is 0. The van der Waals surface area contributed by atoms with Gasteiger partial charge in [0.25, 0.3) is 0 Å². The lowest BCUT2D eigenvalue weighted by Gasteiger charge is -2.10. The van der Waals surface area contributed by atoms with E-state index in [1.807, 2.05) is 48.5 Å². The van der Waals surface area contributed by atoms with Gasteiger partial charge in [0.15, 0.2) is 5.43 Å². The van der Waals surface area contributed by atoms with Crippen molar-refractivity contribution in [3.8, 4) is 11.3 Å². The molecule has 0 atom stereocenters. The third-order valence-electron chi connectivity index (χ3n) is 4.30. The predicted molar refractivity (Wildman–Crippen MR) is 112 cm³/mol. The molecule has 27 heavy (non-hydrogen) atoms. The highest BCUT2D eigenvalue weighted by Crippen LogP contribution is 2.27. The third kappa shape index (κ3) is 3.70. The minimum Gasteiger partial charge on any atom is -0.456 e. The molecule has 4 rings (SSSR count). The minimum atomic E-state index is -0.0838. The molecule has 134 valence electrons. The first kappa shape index (κ1) is 17.7. The Morgan fingerprint density at radius 2 is 1.70 bits per heavy atom. The summed E-state index contributed by atoms with van der Waals surface area (Å²) in [4.78, 5) is 12.6. The van der Waals surface area contributed by atoms with Gasteiger partial charge in [-0.3, -0.25) is 4.79 Å². The SMILES string of the molecule is O=c1cc(-c2ccccc2)oc2ccc(NCc3cccc(Cl)c3Cl)cc12. The van der Waals surface area contributed by atoms with E-state index in [1.54, 1.807) is 18.2 Å². The van der Waals surface area contributed by atoms with Crippen LogP contribution in [0.3, 0.4) is 0 Å². The van der Waals surface area contributed by atoms with Crippen LogP contribution in [-0.4, -0.2) is 0 Å². The second-order valence-electron chi connectivity index (χ2n) is 6.12. The molecule has 0 aliphatic heterocycles. The van der Waals surface area contributed by atoms with E-state index in [0.717, 1.165) is 16.8 Å². The predicted octanol–water partition coefficient (Wildman–Crippen LogP) is 6.38. The molecule has 0 radical (unpaired) electrons. The largest absolute Gasteiger partial charge is 0.456 e. The van der Waals surface area contributed by atoms with Crippen LogP contribution < -0.4 is 10.7 Å². The number of nitrogens with one attached hydrogen (secondary N) is 1. The molecule has 0 fully saturated rings. The van der Waals surface area contributed by atoms with Gasteiger partial charge < -0.3 is 9.73 Å². The van der Waals surface area contributed by atoms with Crippen LogP contribution in [0.2, 0.25) is 10.0 Å². The summed E-state index contributed by atoms with van der Waals surface area (Å²) in [5.41, 5.74) is 3.02. The van der Waals surface area contributed by atoms with Crippen LogP contribution in [0, 0.1) is 0 Å². The zero-order chi connectivity index (χ0) is 18.8. The topological polar surface area (TPSA) is 42.2 Å². The highest BCUT2D eigenvalue weighted by Gasteiger charge is 2.09. The van der Waals surface area contributed by atoms with Crippen LogP contribution in [0.1, 0.15) is 5.56 Å². The second kappa shape index (κ2) is 7.47. The Balaban J connectivity index is 1.64. The van der Waals surface area contributed by atoms with Gasteiger partial charge in [0, 0.05) is 23.9 Å².